The van der Waals surface area contributed by atoms with Crippen molar-refractivity contribution >= 4 is 18.1 Å². The highest BCUT2D eigenvalue weighted by atomic mass is 35.5. The second kappa shape index (κ2) is 8.31. The Morgan fingerprint density at radius 3 is 2.82 bits per heavy atom. The lowest BCUT2D eigenvalue weighted by Gasteiger charge is -2.39. The van der Waals surface area contributed by atoms with Crippen LogP contribution in [0.3, 0.4) is 0 Å². The van der Waals surface area contributed by atoms with E-state index in [0.717, 1.165) is 18.5 Å². The smallest absolute Gasteiger partial charge is 0.311 e. The summed E-state index contributed by atoms with van der Waals surface area (Å²) in [6.07, 6.45) is 2.34. The van der Waals surface area contributed by atoms with Crippen LogP contribution in [-0.4, -0.2) is 36.1 Å². The SMILES string of the molecule is COc1ccc(CN2CCCC(C)C2CN)cc1[N+](=O)[O-].Cl. The van der Waals surface area contributed by atoms with E-state index in [-0.39, 0.29) is 18.1 Å². The first-order valence-corrected chi connectivity index (χ1v) is 7.32. The molecule has 2 unspecified atom stereocenters. The highest BCUT2D eigenvalue weighted by Gasteiger charge is 2.27. The minimum absolute atomic E-state index is 0. The Balaban J connectivity index is 0.00000242. The van der Waals surface area contributed by atoms with E-state index in [1.807, 2.05) is 6.07 Å². The second-order valence-electron chi connectivity index (χ2n) is 5.66. The lowest BCUT2D eigenvalue weighted by atomic mass is 9.90. The van der Waals surface area contributed by atoms with Crippen molar-refractivity contribution < 1.29 is 9.66 Å². The predicted octanol–water partition coefficient (Wildman–Crippen LogP) is 2.58. The number of nitrogens with two attached hydrogens (primary N) is 1. The van der Waals surface area contributed by atoms with Crippen LogP contribution in [-0.2, 0) is 6.54 Å². The molecule has 6 nitrogen and oxygen atoms in total. The molecule has 1 heterocycles. The normalized spacial score (nSPS) is 22.0. The molecule has 124 valence electrons. The third-order valence-corrected chi connectivity index (χ3v) is 4.30. The maximum Gasteiger partial charge on any atom is 0.311 e. The topological polar surface area (TPSA) is 81.6 Å². The summed E-state index contributed by atoms with van der Waals surface area (Å²) in [5.74, 6) is 0.864. The van der Waals surface area contributed by atoms with Crippen molar-refractivity contribution in [2.24, 2.45) is 11.7 Å². The summed E-state index contributed by atoms with van der Waals surface area (Å²) in [4.78, 5) is 13.0. The Labute approximate surface area is 137 Å². The van der Waals surface area contributed by atoms with E-state index in [4.69, 9.17) is 10.5 Å². The molecule has 0 spiro atoms. The molecule has 1 aromatic rings. The second-order valence-corrected chi connectivity index (χ2v) is 5.66. The number of likely N-dealkylation sites (tertiary alicyclic amines) is 1. The molecule has 1 aliphatic heterocycles. The van der Waals surface area contributed by atoms with Crippen LogP contribution in [0.4, 0.5) is 5.69 Å². The fourth-order valence-electron chi connectivity index (χ4n) is 3.12. The molecule has 1 fully saturated rings. The molecule has 2 N–H and O–H groups in total. The fraction of sp³-hybridized carbons (Fsp3) is 0.600. The molecule has 1 saturated heterocycles. The van der Waals surface area contributed by atoms with Gasteiger partial charge in [-0.15, -0.1) is 12.4 Å². The molecule has 22 heavy (non-hydrogen) atoms. The molecule has 0 bridgehead atoms. The molecule has 1 aliphatic rings. The Kier molecular flexibility index (Phi) is 7.06. The molecule has 0 amide bonds. The predicted molar refractivity (Wildman–Crippen MR) is 88.5 cm³/mol. The lowest BCUT2D eigenvalue weighted by Crippen LogP contribution is -2.47. The number of rotatable bonds is 5. The van der Waals surface area contributed by atoms with Crippen molar-refractivity contribution in [1.82, 2.24) is 4.90 Å². The quantitative estimate of drug-likeness (QED) is 0.663. The van der Waals surface area contributed by atoms with Crippen molar-refractivity contribution in [3.05, 3.63) is 33.9 Å². The van der Waals surface area contributed by atoms with Gasteiger partial charge in [0, 0.05) is 25.2 Å². The van der Waals surface area contributed by atoms with Crippen LogP contribution in [0.1, 0.15) is 25.3 Å². The van der Waals surface area contributed by atoms with E-state index >= 15 is 0 Å². The van der Waals surface area contributed by atoms with Gasteiger partial charge in [-0.25, -0.2) is 0 Å². The summed E-state index contributed by atoms with van der Waals surface area (Å²) in [6, 6.07) is 5.50. The van der Waals surface area contributed by atoms with Gasteiger partial charge in [-0.3, -0.25) is 15.0 Å². The van der Waals surface area contributed by atoms with Gasteiger partial charge >= 0.3 is 5.69 Å². The number of halogens is 1. The minimum atomic E-state index is -0.401. The van der Waals surface area contributed by atoms with Crippen LogP contribution in [0.5, 0.6) is 5.75 Å². The van der Waals surface area contributed by atoms with Gasteiger partial charge in [0.2, 0.25) is 0 Å². The van der Waals surface area contributed by atoms with Crippen molar-refractivity contribution in [3.8, 4) is 5.75 Å². The van der Waals surface area contributed by atoms with E-state index in [2.05, 4.69) is 11.8 Å². The van der Waals surface area contributed by atoms with Gasteiger partial charge in [0.05, 0.1) is 12.0 Å². The van der Waals surface area contributed by atoms with Gasteiger partial charge in [0.1, 0.15) is 0 Å². The number of ether oxygens (including phenoxy) is 1. The summed E-state index contributed by atoms with van der Waals surface area (Å²) in [6.45, 7) is 4.53. The van der Waals surface area contributed by atoms with Crippen LogP contribution in [0.2, 0.25) is 0 Å². The molecule has 7 heteroatoms. The van der Waals surface area contributed by atoms with E-state index < -0.39 is 4.92 Å². The number of nitro groups is 1. The summed E-state index contributed by atoms with van der Waals surface area (Å²) >= 11 is 0. The first kappa shape index (κ1) is 18.7. The molecule has 0 radical (unpaired) electrons. The molecule has 2 atom stereocenters. The average Bonchev–Trinajstić information content (AvgIpc) is 2.47. The van der Waals surface area contributed by atoms with Gasteiger partial charge < -0.3 is 10.5 Å². The van der Waals surface area contributed by atoms with E-state index in [1.54, 1.807) is 12.1 Å². The molecule has 1 aromatic carbocycles. The van der Waals surface area contributed by atoms with E-state index in [9.17, 15) is 10.1 Å². The number of nitrogens with zero attached hydrogens (tertiary/aromatic N) is 2. The third kappa shape index (κ3) is 4.09. The number of hydrogen-bond donors (Lipinski definition) is 1. The first-order valence-electron chi connectivity index (χ1n) is 7.32. The number of hydrogen-bond acceptors (Lipinski definition) is 5. The monoisotopic (exact) mass is 329 g/mol. The van der Waals surface area contributed by atoms with Crippen LogP contribution < -0.4 is 10.5 Å². The van der Waals surface area contributed by atoms with Crippen LogP contribution >= 0.6 is 12.4 Å². The highest BCUT2D eigenvalue weighted by Crippen LogP contribution is 2.30. The molecule has 0 aliphatic carbocycles. The van der Waals surface area contributed by atoms with Crippen molar-refractivity contribution in [1.29, 1.82) is 0 Å². The van der Waals surface area contributed by atoms with Crippen LogP contribution in [0, 0.1) is 16.0 Å². The van der Waals surface area contributed by atoms with Gasteiger partial charge in [0.15, 0.2) is 5.75 Å². The zero-order valence-electron chi connectivity index (χ0n) is 13.0. The van der Waals surface area contributed by atoms with Gasteiger partial charge in [-0.05, 0) is 36.9 Å². The maximum atomic E-state index is 11.1. The zero-order valence-corrected chi connectivity index (χ0v) is 13.8. The molecule has 0 aromatic heterocycles. The van der Waals surface area contributed by atoms with Crippen molar-refractivity contribution in [2.75, 3.05) is 20.2 Å². The highest BCUT2D eigenvalue weighted by molar-refractivity contribution is 5.85. The average molecular weight is 330 g/mol. The standard InChI is InChI=1S/C15H23N3O3.ClH/c1-11-4-3-7-17(14(11)9-16)10-12-5-6-15(21-2)13(8-12)18(19)20;/h5-6,8,11,14H,3-4,7,9-10,16H2,1-2H3;1H. The Morgan fingerprint density at radius 1 is 1.50 bits per heavy atom. The lowest BCUT2D eigenvalue weighted by molar-refractivity contribution is -0.385. The Hall–Kier alpha value is -1.37. The number of piperidine rings is 1. The maximum absolute atomic E-state index is 11.1. The van der Waals surface area contributed by atoms with Crippen LogP contribution in [0.25, 0.3) is 0 Å². The summed E-state index contributed by atoms with van der Waals surface area (Å²) in [5, 5.41) is 11.1. The third-order valence-electron chi connectivity index (χ3n) is 4.30. The molecule has 0 saturated carbocycles. The van der Waals surface area contributed by atoms with Crippen LogP contribution in [0.15, 0.2) is 18.2 Å². The first-order chi connectivity index (χ1) is 10.1. The summed E-state index contributed by atoms with van der Waals surface area (Å²) in [7, 11) is 1.44. The van der Waals surface area contributed by atoms with E-state index in [0.29, 0.717) is 30.8 Å². The zero-order chi connectivity index (χ0) is 15.4. The molecule has 2 rings (SSSR count). The van der Waals surface area contributed by atoms with Crippen molar-refractivity contribution in [3.63, 3.8) is 0 Å². The number of benzene rings is 1. The number of nitro benzene ring substituents is 1. The number of methoxy groups -OCH3 is 1. The Bertz CT molecular complexity index is 513. The van der Waals surface area contributed by atoms with Gasteiger partial charge in [-0.2, -0.15) is 0 Å². The fourth-order valence-corrected chi connectivity index (χ4v) is 3.12. The van der Waals surface area contributed by atoms with Gasteiger partial charge in [-0.1, -0.05) is 13.0 Å². The Morgan fingerprint density at radius 2 is 2.23 bits per heavy atom. The molecular weight excluding hydrogens is 306 g/mol. The van der Waals surface area contributed by atoms with Gasteiger partial charge in [0.25, 0.3) is 0 Å². The van der Waals surface area contributed by atoms with E-state index in [1.165, 1.54) is 13.5 Å². The molecular formula is C15H24ClN3O3. The minimum Gasteiger partial charge on any atom is -0.490 e. The largest absolute Gasteiger partial charge is 0.490 e. The summed E-state index contributed by atoms with van der Waals surface area (Å²) in [5.41, 5.74) is 6.84. The van der Waals surface area contributed by atoms with Crippen molar-refractivity contribution in [2.45, 2.75) is 32.4 Å². The summed E-state index contributed by atoms with van der Waals surface area (Å²) < 4.78 is 5.04.